The van der Waals surface area contributed by atoms with Crippen LogP contribution in [0.5, 0.6) is 0 Å². The Labute approximate surface area is 200 Å². The molecule has 3 aromatic carbocycles. The number of esters is 1. The van der Waals surface area contributed by atoms with Crippen molar-refractivity contribution < 1.29 is 18.7 Å². The maximum absolute atomic E-state index is 13.4. The minimum absolute atomic E-state index is 0.0333. The van der Waals surface area contributed by atoms with E-state index in [2.05, 4.69) is 15.5 Å². The predicted octanol–water partition coefficient (Wildman–Crippen LogP) is 4.98. The zero-order valence-corrected chi connectivity index (χ0v) is 19.1. The van der Waals surface area contributed by atoms with Crippen LogP contribution in [-0.2, 0) is 9.53 Å². The number of carbonyl (C=O) groups is 2. The van der Waals surface area contributed by atoms with Gasteiger partial charge in [0, 0.05) is 11.3 Å². The van der Waals surface area contributed by atoms with Crippen molar-refractivity contribution in [1.29, 1.82) is 0 Å². The highest BCUT2D eigenvalue weighted by Crippen LogP contribution is 2.28. The fraction of sp³-hybridized carbons (Fsp3) is 0.120. The summed E-state index contributed by atoms with van der Waals surface area (Å²) in [5.74, 6) is -0.594. The van der Waals surface area contributed by atoms with Crippen LogP contribution in [0, 0.1) is 5.82 Å². The van der Waals surface area contributed by atoms with Gasteiger partial charge in [-0.25, -0.2) is 9.18 Å². The van der Waals surface area contributed by atoms with Gasteiger partial charge in [0.15, 0.2) is 11.0 Å². The fourth-order valence-corrected chi connectivity index (χ4v) is 4.01. The Morgan fingerprint density at radius 1 is 0.971 bits per heavy atom. The second-order valence-electron chi connectivity index (χ2n) is 7.09. The van der Waals surface area contributed by atoms with Gasteiger partial charge in [0.1, 0.15) is 5.82 Å². The van der Waals surface area contributed by atoms with Crippen LogP contribution in [0.1, 0.15) is 17.3 Å². The molecule has 9 heteroatoms. The number of rotatable bonds is 8. The van der Waals surface area contributed by atoms with E-state index in [-0.39, 0.29) is 29.6 Å². The Balaban J connectivity index is 1.55. The molecule has 0 atom stereocenters. The molecule has 1 heterocycles. The molecule has 0 saturated carbocycles. The van der Waals surface area contributed by atoms with Crippen molar-refractivity contribution in [2.24, 2.45) is 0 Å². The number of hydrogen-bond acceptors (Lipinski definition) is 6. The molecule has 0 aliphatic rings. The second-order valence-corrected chi connectivity index (χ2v) is 8.03. The standard InChI is InChI=1S/C25H21FN4O3S/c1-2-33-24(32)20-10-6-7-11-21(20)27-22(31)16-34-25-29-28-23(17-12-14-18(26)15-13-17)30(25)19-8-4-3-5-9-19/h3-15H,2,16H2,1H3,(H,27,31). The SMILES string of the molecule is CCOC(=O)c1ccccc1NC(=O)CSc1nnc(-c2ccc(F)cc2)n1-c1ccccc1. The summed E-state index contributed by atoms with van der Waals surface area (Å²) in [4.78, 5) is 24.9. The van der Waals surface area contributed by atoms with Crippen LogP contribution in [0.3, 0.4) is 0 Å². The van der Waals surface area contributed by atoms with Gasteiger partial charge in [-0.15, -0.1) is 10.2 Å². The summed E-state index contributed by atoms with van der Waals surface area (Å²) in [6.45, 7) is 1.96. The van der Waals surface area contributed by atoms with Gasteiger partial charge in [0.2, 0.25) is 5.91 Å². The number of nitrogens with one attached hydrogen (secondary N) is 1. The summed E-state index contributed by atoms with van der Waals surface area (Å²) in [6.07, 6.45) is 0. The third-order valence-corrected chi connectivity index (χ3v) is 5.71. The van der Waals surface area contributed by atoms with Gasteiger partial charge >= 0.3 is 5.97 Å². The van der Waals surface area contributed by atoms with Gasteiger partial charge in [0.05, 0.1) is 23.6 Å². The summed E-state index contributed by atoms with van der Waals surface area (Å²) in [5.41, 5.74) is 2.16. The van der Waals surface area contributed by atoms with Gasteiger partial charge in [-0.05, 0) is 55.5 Å². The van der Waals surface area contributed by atoms with E-state index in [0.717, 1.165) is 5.69 Å². The summed E-state index contributed by atoms with van der Waals surface area (Å²) < 4.78 is 20.3. The molecular weight excluding hydrogens is 455 g/mol. The van der Waals surface area contributed by atoms with Crippen LogP contribution in [0.25, 0.3) is 17.1 Å². The van der Waals surface area contributed by atoms with Crippen molar-refractivity contribution >= 4 is 29.3 Å². The highest BCUT2D eigenvalue weighted by molar-refractivity contribution is 7.99. The first-order chi connectivity index (χ1) is 16.6. The van der Waals surface area contributed by atoms with E-state index in [1.54, 1.807) is 43.3 Å². The lowest BCUT2D eigenvalue weighted by Crippen LogP contribution is -2.17. The lowest BCUT2D eigenvalue weighted by molar-refractivity contribution is -0.113. The Kier molecular flexibility index (Phi) is 7.34. The molecule has 0 unspecified atom stereocenters. The molecule has 0 bridgehead atoms. The van der Waals surface area contributed by atoms with Crippen LogP contribution in [0.2, 0.25) is 0 Å². The molecule has 1 aromatic heterocycles. The summed E-state index contributed by atoms with van der Waals surface area (Å²) >= 11 is 1.20. The first kappa shape index (κ1) is 23.2. The Bertz CT molecular complexity index is 1290. The minimum atomic E-state index is -0.501. The molecule has 34 heavy (non-hydrogen) atoms. The lowest BCUT2D eigenvalue weighted by atomic mass is 10.2. The molecule has 0 radical (unpaired) electrons. The number of halogens is 1. The Hall–Kier alpha value is -3.98. The summed E-state index contributed by atoms with van der Waals surface area (Å²) in [7, 11) is 0. The zero-order valence-electron chi connectivity index (χ0n) is 18.3. The van der Waals surface area contributed by atoms with Gasteiger partial charge in [-0.3, -0.25) is 9.36 Å². The lowest BCUT2D eigenvalue weighted by Gasteiger charge is -2.11. The number of nitrogens with zero attached hydrogens (tertiary/aromatic N) is 3. The molecule has 1 N–H and O–H groups in total. The Morgan fingerprint density at radius 3 is 2.41 bits per heavy atom. The van der Waals surface area contributed by atoms with Crippen molar-refractivity contribution in [3.63, 3.8) is 0 Å². The van der Waals surface area contributed by atoms with Crippen molar-refractivity contribution in [3.05, 3.63) is 90.2 Å². The van der Waals surface area contributed by atoms with Crippen LogP contribution in [0.15, 0.2) is 84.0 Å². The molecule has 4 rings (SSSR count). The smallest absolute Gasteiger partial charge is 0.340 e. The Morgan fingerprint density at radius 2 is 1.68 bits per heavy atom. The number of benzene rings is 3. The van der Waals surface area contributed by atoms with E-state index in [1.807, 2.05) is 34.9 Å². The molecule has 0 saturated heterocycles. The molecule has 0 aliphatic heterocycles. The molecule has 7 nitrogen and oxygen atoms in total. The number of hydrogen-bond donors (Lipinski definition) is 1. The molecule has 4 aromatic rings. The van der Waals surface area contributed by atoms with Crippen molar-refractivity contribution in [3.8, 4) is 17.1 Å². The van der Waals surface area contributed by atoms with Crippen molar-refractivity contribution in [2.75, 3.05) is 17.7 Å². The highest BCUT2D eigenvalue weighted by atomic mass is 32.2. The second kappa shape index (κ2) is 10.8. The maximum Gasteiger partial charge on any atom is 0.340 e. The number of para-hydroxylation sites is 2. The van der Waals surface area contributed by atoms with Gasteiger partial charge < -0.3 is 10.1 Å². The average molecular weight is 477 g/mol. The normalized spacial score (nSPS) is 10.6. The highest BCUT2D eigenvalue weighted by Gasteiger charge is 2.18. The van der Waals surface area contributed by atoms with Crippen LogP contribution in [0.4, 0.5) is 10.1 Å². The van der Waals surface area contributed by atoms with Crippen LogP contribution in [-0.4, -0.2) is 39.0 Å². The number of ether oxygens (including phenoxy) is 1. The zero-order chi connectivity index (χ0) is 23.9. The number of anilines is 1. The number of aromatic nitrogens is 3. The summed E-state index contributed by atoms with van der Waals surface area (Å²) in [6, 6.07) is 22.1. The number of thioether (sulfide) groups is 1. The first-order valence-corrected chi connectivity index (χ1v) is 11.5. The minimum Gasteiger partial charge on any atom is -0.462 e. The van der Waals surface area contributed by atoms with Crippen molar-refractivity contribution in [2.45, 2.75) is 12.1 Å². The van der Waals surface area contributed by atoms with E-state index >= 15 is 0 Å². The molecule has 0 fully saturated rings. The summed E-state index contributed by atoms with van der Waals surface area (Å²) in [5, 5.41) is 11.8. The largest absolute Gasteiger partial charge is 0.462 e. The number of amides is 1. The molecule has 0 aliphatic carbocycles. The molecular formula is C25H21FN4O3S. The topological polar surface area (TPSA) is 86.1 Å². The van der Waals surface area contributed by atoms with Crippen LogP contribution >= 0.6 is 11.8 Å². The molecule has 172 valence electrons. The molecule has 0 spiro atoms. The third kappa shape index (κ3) is 5.32. The predicted molar refractivity (Wildman–Crippen MR) is 129 cm³/mol. The number of carbonyl (C=O) groups excluding carboxylic acids is 2. The quantitative estimate of drug-likeness (QED) is 0.285. The van der Waals surface area contributed by atoms with E-state index in [1.165, 1.54) is 23.9 Å². The first-order valence-electron chi connectivity index (χ1n) is 10.5. The van der Waals surface area contributed by atoms with E-state index < -0.39 is 5.97 Å². The van der Waals surface area contributed by atoms with E-state index in [9.17, 15) is 14.0 Å². The van der Waals surface area contributed by atoms with Crippen molar-refractivity contribution in [1.82, 2.24) is 14.8 Å². The third-order valence-electron chi connectivity index (χ3n) is 4.78. The monoisotopic (exact) mass is 476 g/mol. The van der Waals surface area contributed by atoms with Gasteiger partial charge in [0.25, 0.3) is 0 Å². The van der Waals surface area contributed by atoms with E-state index in [4.69, 9.17) is 4.74 Å². The van der Waals surface area contributed by atoms with Crippen LogP contribution < -0.4 is 5.32 Å². The average Bonchev–Trinajstić information content (AvgIpc) is 3.28. The maximum atomic E-state index is 13.4. The fourth-order valence-electron chi connectivity index (χ4n) is 3.25. The van der Waals surface area contributed by atoms with Gasteiger partial charge in [-0.1, -0.05) is 42.1 Å². The van der Waals surface area contributed by atoms with Gasteiger partial charge in [-0.2, -0.15) is 0 Å². The van der Waals surface area contributed by atoms with E-state index in [0.29, 0.717) is 22.2 Å². The molecule has 1 amide bonds.